The van der Waals surface area contributed by atoms with Gasteiger partial charge in [0.15, 0.2) is 6.61 Å². The van der Waals surface area contributed by atoms with Crippen molar-refractivity contribution in [1.29, 1.82) is 0 Å². The molecular formula is C17H19ClN2O3S. The van der Waals surface area contributed by atoms with Gasteiger partial charge in [-0.1, -0.05) is 11.6 Å². The fraction of sp³-hybridized carbons (Fsp3) is 0.294. The minimum atomic E-state index is -0.197. The van der Waals surface area contributed by atoms with Crippen molar-refractivity contribution in [3.8, 4) is 5.75 Å². The number of halogens is 1. The van der Waals surface area contributed by atoms with Crippen molar-refractivity contribution in [2.45, 2.75) is 13.8 Å². The van der Waals surface area contributed by atoms with Crippen molar-refractivity contribution >= 4 is 40.4 Å². The highest BCUT2D eigenvalue weighted by molar-refractivity contribution is 7.08. The molecule has 0 unspecified atom stereocenters. The second-order valence-electron chi connectivity index (χ2n) is 4.97. The number of rotatable bonds is 7. The number of ether oxygens (including phenoxy) is 1. The van der Waals surface area contributed by atoms with E-state index >= 15 is 0 Å². The molecule has 0 saturated carbocycles. The number of nitrogens with zero attached hydrogens (tertiary/aromatic N) is 1. The second-order valence-corrected chi connectivity index (χ2v) is 6.15. The van der Waals surface area contributed by atoms with Crippen LogP contribution in [-0.2, 0) is 4.79 Å². The Hall–Kier alpha value is -2.05. The van der Waals surface area contributed by atoms with Gasteiger partial charge in [-0.25, -0.2) is 0 Å². The Balaban J connectivity index is 1.97. The molecule has 24 heavy (non-hydrogen) atoms. The highest BCUT2D eigenvalue weighted by Gasteiger charge is 2.12. The SMILES string of the molecule is CCN(CC)C(=O)COc1ccc(NC(=O)c2ccsc2)cc1Cl. The van der Waals surface area contributed by atoms with Crippen molar-refractivity contribution < 1.29 is 14.3 Å². The minimum Gasteiger partial charge on any atom is -0.482 e. The number of likely N-dealkylation sites (N-methyl/N-ethyl adjacent to an activating group) is 1. The van der Waals surface area contributed by atoms with Crippen LogP contribution < -0.4 is 10.1 Å². The molecule has 0 fully saturated rings. The van der Waals surface area contributed by atoms with Gasteiger partial charge in [0.1, 0.15) is 5.75 Å². The smallest absolute Gasteiger partial charge is 0.260 e. The Morgan fingerprint density at radius 2 is 2.00 bits per heavy atom. The molecule has 0 bridgehead atoms. The van der Waals surface area contributed by atoms with Crippen LogP contribution in [0.1, 0.15) is 24.2 Å². The lowest BCUT2D eigenvalue weighted by Crippen LogP contribution is -2.34. The molecule has 2 amide bonds. The normalized spacial score (nSPS) is 10.3. The number of nitrogens with one attached hydrogen (secondary N) is 1. The van der Waals surface area contributed by atoms with Gasteiger partial charge in [-0.2, -0.15) is 11.3 Å². The van der Waals surface area contributed by atoms with Crippen LogP contribution in [-0.4, -0.2) is 36.4 Å². The molecule has 0 atom stereocenters. The van der Waals surface area contributed by atoms with Crippen LogP contribution >= 0.6 is 22.9 Å². The first-order valence-corrected chi connectivity index (χ1v) is 8.90. The Bertz CT molecular complexity index is 700. The van der Waals surface area contributed by atoms with Gasteiger partial charge < -0.3 is 15.0 Å². The first-order chi connectivity index (χ1) is 11.5. The van der Waals surface area contributed by atoms with Crippen molar-refractivity contribution in [3.63, 3.8) is 0 Å². The second kappa shape index (κ2) is 8.70. The third kappa shape index (κ3) is 4.72. The Morgan fingerprint density at radius 1 is 1.25 bits per heavy atom. The van der Waals surface area contributed by atoms with Gasteiger partial charge in [0, 0.05) is 24.2 Å². The lowest BCUT2D eigenvalue weighted by atomic mass is 10.2. The van der Waals surface area contributed by atoms with Crippen LogP contribution in [0.3, 0.4) is 0 Å². The summed E-state index contributed by atoms with van der Waals surface area (Å²) in [7, 11) is 0. The molecule has 0 aliphatic carbocycles. The summed E-state index contributed by atoms with van der Waals surface area (Å²) >= 11 is 7.63. The van der Waals surface area contributed by atoms with Crippen LogP contribution in [0.15, 0.2) is 35.0 Å². The molecule has 0 aliphatic rings. The summed E-state index contributed by atoms with van der Waals surface area (Å²) in [6.07, 6.45) is 0. The quantitative estimate of drug-likeness (QED) is 0.808. The number of benzene rings is 1. The summed E-state index contributed by atoms with van der Waals surface area (Å²) in [5.41, 5.74) is 1.17. The van der Waals surface area contributed by atoms with Gasteiger partial charge >= 0.3 is 0 Å². The molecular weight excluding hydrogens is 348 g/mol. The van der Waals surface area contributed by atoms with Crippen LogP contribution in [0.4, 0.5) is 5.69 Å². The molecule has 5 nitrogen and oxygen atoms in total. The molecule has 0 aliphatic heterocycles. The topological polar surface area (TPSA) is 58.6 Å². The molecule has 0 saturated heterocycles. The summed E-state index contributed by atoms with van der Waals surface area (Å²) in [6.45, 7) is 5.04. The predicted octanol–water partition coefficient (Wildman–Crippen LogP) is 3.90. The van der Waals surface area contributed by atoms with E-state index in [2.05, 4.69) is 5.32 Å². The van der Waals surface area contributed by atoms with Gasteiger partial charge in [-0.05, 0) is 43.5 Å². The predicted molar refractivity (Wildman–Crippen MR) is 97.1 cm³/mol. The first-order valence-electron chi connectivity index (χ1n) is 7.58. The number of carbonyl (C=O) groups excluding carboxylic acids is 2. The van der Waals surface area contributed by atoms with E-state index in [9.17, 15) is 9.59 Å². The summed E-state index contributed by atoms with van der Waals surface area (Å²) in [5, 5.41) is 6.71. The number of amides is 2. The van der Waals surface area contributed by atoms with Gasteiger partial charge in [0.05, 0.1) is 10.6 Å². The van der Waals surface area contributed by atoms with Crippen molar-refractivity contribution in [1.82, 2.24) is 4.90 Å². The lowest BCUT2D eigenvalue weighted by Gasteiger charge is -2.19. The maximum atomic E-state index is 12.0. The molecule has 0 spiro atoms. The fourth-order valence-corrected chi connectivity index (χ4v) is 2.97. The van der Waals surface area contributed by atoms with Crippen molar-refractivity contribution in [3.05, 3.63) is 45.6 Å². The zero-order valence-electron chi connectivity index (χ0n) is 13.5. The molecule has 1 aromatic heterocycles. The van der Waals surface area contributed by atoms with E-state index in [-0.39, 0.29) is 18.4 Å². The molecule has 0 radical (unpaired) electrons. The Morgan fingerprint density at radius 3 is 2.58 bits per heavy atom. The van der Waals surface area contributed by atoms with Gasteiger partial charge in [0.25, 0.3) is 11.8 Å². The largest absolute Gasteiger partial charge is 0.482 e. The number of hydrogen-bond donors (Lipinski definition) is 1. The molecule has 2 rings (SSSR count). The van der Waals surface area contributed by atoms with Crippen LogP contribution in [0.2, 0.25) is 5.02 Å². The summed E-state index contributed by atoms with van der Waals surface area (Å²) in [6, 6.07) is 6.68. The Kier molecular flexibility index (Phi) is 6.63. The maximum Gasteiger partial charge on any atom is 0.260 e. The van der Waals surface area contributed by atoms with Crippen molar-refractivity contribution in [2.75, 3.05) is 25.0 Å². The van der Waals surface area contributed by atoms with Gasteiger partial charge in [0.2, 0.25) is 0 Å². The third-order valence-electron chi connectivity index (χ3n) is 3.44. The van der Waals surface area contributed by atoms with E-state index < -0.39 is 0 Å². The van der Waals surface area contributed by atoms with E-state index in [0.717, 1.165) is 0 Å². The number of hydrogen-bond acceptors (Lipinski definition) is 4. The van der Waals surface area contributed by atoms with Crippen LogP contribution in [0.5, 0.6) is 5.75 Å². The molecule has 1 aromatic carbocycles. The number of carbonyl (C=O) groups is 2. The van der Waals surface area contributed by atoms with E-state index in [4.69, 9.17) is 16.3 Å². The zero-order valence-corrected chi connectivity index (χ0v) is 15.1. The summed E-state index contributed by atoms with van der Waals surface area (Å²) < 4.78 is 5.48. The first kappa shape index (κ1) is 18.3. The average molecular weight is 367 g/mol. The monoisotopic (exact) mass is 366 g/mol. The average Bonchev–Trinajstić information content (AvgIpc) is 3.10. The molecule has 2 aromatic rings. The van der Waals surface area contributed by atoms with E-state index in [1.54, 1.807) is 34.5 Å². The lowest BCUT2D eigenvalue weighted by molar-refractivity contribution is -0.132. The van der Waals surface area contributed by atoms with Crippen LogP contribution in [0.25, 0.3) is 0 Å². The molecule has 7 heteroatoms. The zero-order chi connectivity index (χ0) is 17.5. The van der Waals surface area contributed by atoms with Gasteiger partial charge in [-0.15, -0.1) is 0 Å². The third-order valence-corrected chi connectivity index (χ3v) is 4.42. The molecule has 1 N–H and O–H groups in total. The summed E-state index contributed by atoms with van der Waals surface area (Å²) in [4.78, 5) is 25.6. The molecule has 1 heterocycles. The van der Waals surface area contributed by atoms with E-state index in [1.807, 2.05) is 19.2 Å². The summed E-state index contributed by atoms with van der Waals surface area (Å²) in [5.74, 6) is 0.120. The highest BCUT2D eigenvalue weighted by atomic mass is 35.5. The van der Waals surface area contributed by atoms with Crippen LogP contribution in [0, 0.1) is 0 Å². The fourth-order valence-electron chi connectivity index (χ4n) is 2.10. The van der Waals surface area contributed by atoms with E-state index in [0.29, 0.717) is 35.1 Å². The van der Waals surface area contributed by atoms with Crippen molar-refractivity contribution in [2.24, 2.45) is 0 Å². The number of anilines is 1. The standard InChI is InChI=1S/C17H19ClN2O3S/c1-3-20(4-2)16(21)10-23-15-6-5-13(9-14(15)18)19-17(22)12-7-8-24-11-12/h5-9,11H,3-4,10H2,1-2H3,(H,19,22). The highest BCUT2D eigenvalue weighted by Crippen LogP contribution is 2.28. The minimum absolute atomic E-state index is 0.0675. The maximum absolute atomic E-state index is 12.0. The molecule has 128 valence electrons. The van der Waals surface area contributed by atoms with Gasteiger partial charge in [-0.3, -0.25) is 9.59 Å². The Labute approximate surface area is 150 Å². The van der Waals surface area contributed by atoms with E-state index in [1.165, 1.54) is 11.3 Å². The number of thiophene rings is 1.